The minimum absolute atomic E-state index is 0.194. The van der Waals surface area contributed by atoms with Crippen LogP contribution in [0, 0.1) is 29.6 Å². The van der Waals surface area contributed by atoms with Crippen molar-refractivity contribution in [2.45, 2.75) is 13.0 Å². The highest BCUT2D eigenvalue weighted by atomic mass is 16.5. The Labute approximate surface area is 211 Å². The van der Waals surface area contributed by atoms with Gasteiger partial charge in [-0.05, 0) is 30.7 Å². The Balaban J connectivity index is 1.40. The van der Waals surface area contributed by atoms with Gasteiger partial charge < -0.3 is 24.3 Å². The van der Waals surface area contributed by atoms with Crippen LogP contribution in [0.5, 0.6) is 11.6 Å². The van der Waals surface area contributed by atoms with Gasteiger partial charge in [-0.25, -0.2) is 15.0 Å². The number of pyridine rings is 3. The normalized spacial score (nSPS) is 15.1. The monoisotopic (exact) mass is 495 g/mol. The van der Waals surface area contributed by atoms with Gasteiger partial charge in [-0.2, -0.15) is 15.5 Å². The van der Waals surface area contributed by atoms with Gasteiger partial charge >= 0.3 is 0 Å². The fraction of sp³-hybridized carbons (Fsp3) is 0.240. The number of nitriles is 2. The molecule has 184 valence electrons. The molecule has 0 aromatic carbocycles. The van der Waals surface area contributed by atoms with Crippen LogP contribution in [0.15, 0.2) is 43.0 Å². The molecule has 4 aromatic heterocycles. The standard InChI is InChI=1S/C25H21N9O3/c1-15-7-17(9-26)28-12-20(15)37-22-8-19(23-24(32-22)33(2)14-30-23)31-21-4-3-16(11-29-21)25(35)34-5-6-36-13-18(34)10-27/h3-4,7-8,11-12,14,18H,5-6,13H2,1-2H3,(H,29,31,32). The summed E-state index contributed by atoms with van der Waals surface area (Å²) < 4.78 is 13.0. The number of hydrogen-bond acceptors (Lipinski definition) is 10. The minimum Gasteiger partial charge on any atom is -0.437 e. The molecule has 0 saturated carbocycles. The summed E-state index contributed by atoms with van der Waals surface area (Å²) in [6.07, 6.45) is 4.59. The number of rotatable bonds is 5. The molecule has 0 spiro atoms. The molecular formula is C25H21N9O3. The molecule has 0 radical (unpaired) electrons. The lowest BCUT2D eigenvalue weighted by molar-refractivity contribution is 0.0132. The zero-order valence-electron chi connectivity index (χ0n) is 20.0. The smallest absolute Gasteiger partial charge is 0.256 e. The molecule has 5 rings (SSSR count). The summed E-state index contributed by atoms with van der Waals surface area (Å²) in [4.78, 5) is 31.8. The lowest BCUT2D eigenvalue weighted by Crippen LogP contribution is -2.48. The van der Waals surface area contributed by atoms with Crippen molar-refractivity contribution in [1.82, 2.24) is 29.4 Å². The van der Waals surface area contributed by atoms with Crippen molar-refractivity contribution in [3.8, 4) is 23.8 Å². The zero-order chi connectivity index (χ0) is 25.9. The SMILES string of the molecule is Cc1cc(C#N)ncc1Oc1cc(Nc2ccc(C(=O)N3CCOCC3C#N)cn2)c2ncn(C)c2n1. The number of ether oxygens (including phenoxy) is 2. The highest BCUT2D eigenvalue weighted by molar-refractivity contribution is 5.95. The molecule has 12 nitrogen and oxygen atoms in total. The average molecular weight is 496 g/mol. The van der Waals surface area contributed by atoms with Crippen LogP contribution in [-0.2, 0) is 11.8 Å². The summed E-state index contributed by atoms with van der Waals surface area (Å²) in [5.41, 5.74) is 3.21. The van der Waals surface area contributed by atoms with E-state index in [0.717, 1.165) is 5.56 Å². The van der Waals surface area contributed by atoms with Crippen molar-refractivity contribution in [2.75, 3.05) is 25.1 Å². The van der Waals surface area contributed by atoms with E-state index < -0.39 is 6.04 Å². The van der Waals surface area contributed by atoms with Crippen molar-refractivity contribution in [1.29, 1.82) is 10.5 Å². The molecule has 1 N–H and O–H groups in total. The van der Waals surface area contributed by atoms with Crippen LogP contribution in [0.4, 0.5) is 11.5 Å². The Hall–Kier alpha value is -5.07. The molecule has 1 atom stereocenters. The number of amides is 1. The molecular weight excluding hydrogens is 474 g/mol. The fourth-order valence-electron chi connectivity index (χ4n) is 3.90. The van der Waals surface area contributed by atoms with E-state index in [2.05, 4.69) is 31.3 Å². The number of aryl methyl sites for hydroxylation is 2. The maximum atomic E-state index is 12.9. The highest BCUT2D eigenvalue weighted by Gasteiger charge is 2.28. The van der Waals surface area contributed by atoms with E-state index in [4.69, 9.17) is 14.7 Å². The lowest BCUT2D eigenvalue weighted by Gasteiger charge is -2.31. The number of morpholine rings is 1. The molecule has 1 amide bonds. The third-order valence-electron chi connectivity index (χ3n) is 5.85. The van der Waals surface area contributed by atoms with Gasteiger partial charge in [-0.1, -0.05) is 0 Å². The minimum atomic E-state index is -0.623. The molecule has 12 heteroatoms. The van der Waals surface area contributed by atoms with Crippen molar-refractivity contribution in [3.63, 3.8) is 0 Å². The number of hydrogen-bond donors (Lipinski definition) is 1. The Morgan fingerprint density at radius 2 is 2.08 bits per heavy atom. The summed E-state index contributed by atoms with van der Waals surface area (Å²) >= 11 is 0. The maximum absolute atomic E-state index is 12.9. The van der Waals surface area contributed by atoms with E-state index in [9.17, 15) is 10.1 Å². The predicted octanol–water partition coefficient (Wildman–Crippen LogP) is 2.84. The average Bonchev–Trinajstić information content (AvgIpc) is 3.30. The van der Waals surface area contributed by atoms with Crippen molar-refractivity contribution in [2.24, 2.45) is 7.05 Å². The van der Waals surface area contributed by atoms with Crippen LogP contribution in [0.3, 0.4) is 0 Å². The molecule has 0 bridgehead atoms. The zero-order valence-corrected chi connectivity index (χ0v) is 20.0. The molecule has 1 aliphatic heterocycles. The van der Waals surface area contributed by atoms with Crippen LogP contribution < -0.4 is 10.1 Å². The second kappa shape index (κ2) is 9.89. The summed E-state index contributed by atoms with van der Waals surface area (Å²) in [6, 6.07) is 10.1. The highest BCUT2D eigenvalue weighted by Crippen LogP contribution is 2.31. The number of carbonyl (C=O) groups is 1. The quantitative estimate of drug-likeness (QED) is 0.437. The van der Waals surface area contributed by atoms with Gasteiger partial charge in [0.25, 0.3) is 5.91 Å². The predicted molar refractivity (Wildman–Crippen MR) is 131 cm³/mol. The summed E-state index contributed by atoms with van der Waals surface area (Å²) in [5.74, 6) is 0.983. The topological polar surface area (TPSA) is 155 Å². The summed E-state index contributed by atoms with van der Waals surface area (Å²) in [5, 5.41) is 21.6. The van der Waals surface area contributed by atoms with E-state index in [-0.39, 0.29) is 12.5 Å². The van der Waals surface area contributed by atoms with Gasteiger partial charge in [-0.15, -0.1) is 0 Å². The van der Waals surface area contributed by atoms with Crippen molar-refractivity contribution >= 4 is 28.6 Å². The lowest BCUT2D eigenvalue weighted by atomic mass is 10.2. The van der Waals surface area contributed by atoms with E-state index in [1.807, 2.05) is 20.0 Å². The number of carbonyl (C=O) groups excluding carboxylic acids is 1. The maximum Gasteiger partial charge on any atom is 0.256 e. The first kappa shape index (κ1) is 23.7. The first-order valence-electron chi connectivity index (χ1n) is 11.3. The molecule has 4 aromatic rings. The van der Waals surface area contributed by atoms with Crippen LogP contribution in [0.1, 0.15) is 21.6 Å². The molecule has 0 aliphatic carbocycles. The largest absolute Gasteiger partial charge is 0.437 e. The Kier molecular flexibility index (Phi) is 6.32. The second-order valence-electron chi connectivity index (χ2n) is 8.36. The first-order chi connectivity index (χ1) is 18.0. The van der Waals surface area contributed by atoms with Gasteiger partial charge in [0, 0.05) is 25.9 Å². The summed E-state index contributed by atoms with van der Waals surface area (Å²) in [6.45, 7) is 2.76. The van der Waals surface area contributed by atoms with Crippen LogP contribution in [0.2, 0.25) is 0 Å². The molecule has 5 heterocycles. The van der Waals surface area contributed by atoms with Gasteiger partial charge in [0.05, 0.1) is 43.1 Å². The molecule has 1 fully saturated rings. The van der Waals surface area contributed by atoms with Gasteiger partial charge in [0.1, 0.15) is 29.1 Å². The van der Waals surface area contributed by atoms with Gasteiger partial charge in [0.2, 0.25) is 5.88 Å². The third-order valence-corrected chi connectivity index (χ3v) is 5.85. The van der Waals surface area contributed by atoms with Crippen LogP contribution in [0.25, 0.3) is 11.2 Å². The van der Waals surface area contributed by atoms with Crippen molar-refractivity contribution < 1.29 is 14.3 Å². The van der Waals surface area contributed by atoms with Gasteiger partial charge in [0.15, 0.2) is 11.4 Å². The Bertz CT molecular complexity index is 1570. The molecule has 1 unspecified atom stereocenters. The Morgan fingerprint density at radius 3 is 2.81 bits per heavy atom. The number of imidazole rings is 1. The number of nitrogens with zero attached hydrogens (tertiary/aromatic N) is 8. The number of fused-ring (bicyclic) bond motifs is 1. The fourth-order valence-corrected chi connectivity index (χ4v) is 3.90. The number of nitrogens with one attached hydrogen (secondary N) is 1. The van der Waals surface area contributed by atoms with Crippen LogP contribution >= 0.6 is 0 Å². The van der Waals surface area contributed by atoms with E-state index >= 15 is 0 Å². The Morgan fingerprint density at radius 1 is 1.22 bits per heavy atom. The van der Waals surface area contributed by atoms with Crippen LogP contribution in [-0.4, -0.2) is 61.1 Å². The second-order valence-corrected chi connectivity index (χ2v) is 8.36. The first-order valence-corrected chi connectivity index (χ1v) is 11.3. The van der Waals surface area contributed by atoms with Crippen molar-refractivity contribution in [3.05, 3.63) is 59.8 Å². The van der Waals surface area contributed by atoms with E-state index in [0.29, 0.717) is 58.7 Å². The summed E-state index contributed by atoms with van der Waals surface area (Å²) in [7, 11) is 1.82. The molecule has 1 aliphatic rings. The molecule has 37 heavy (non-hydrogen) atoms. The van der Waals surface area contributed by atoms with E-state index in [1.54, 1.807) is 35.2 Å². The molecule has 1 saturated heterocycles. The third kappa shape index (κ3) is 4.74. The van der Waals surface area contributed by atoms with Gasteiger partial charge in [-0.3, -0.25) is 4.79 Å². The number of anilines is 2. The number of aromatic nitrogens is 5. The van der Waals surface area contributed by atoms with E-state index in [1.165, 1.54) is 17.3 Å².